The lowest BCUT2D eigenvalue weighted by Crippen LogP contribution is -2.62. The molecule has 3 rings (SSSR count). The van der Waals surface area contributed by atoms with Crippen LogP contribution in [-0.4, -0.2) is 40.2 Å². The molecule has 19 heavy (non-hydrogen) atoms. The van der Waals surface area contributed by atoms with E-state index in [0.29, 0.717) is 0 Å². The SMILES string of the molecule is CC1C(=O)N2CCCC2C(=O)N1C(C)c1cccs1. The van der Waals surface area contributed by atoms with Gasteiger partial charge in [-0.3, -0.25) is 9.59 Å². The van der Waals surface area contributed by atoms with Gasteiger partial charge in [-0.05, 0) is 38.1 Å². The topological polar surface area (TPSA) is 40.6 Å². The van der Waals surface area contributed by atoms with Crippen LogP contribution in [0.25, 0.3) is 0 Å². The second-order valence-corrected chi connectivity index (χ2v) is 6.28. The third-order valence-electron chi connectivity index (χ3n) is 4.22. The minimum atomic E-state index is -0.348. The number of thiophene rings is 1. The minimum Gasteiger partial charge on any atom is -0.329 e. The number of amides is 2. The molecule has 3 unspecified atom stereocenters. The van der Waals surface area contributed by atoms with Crippen LogP contribution in [0.4, 0.5) is 0 Å². The summed E-state index contributed by atoms with van der Waals surface area (Å²) in [5, 5.41) is 2.01. The molecule has 2 aliphatic rings. The zero-order valence-electron chi connectivity index (χ0n) is 11.2. The van der Waals surface area contributed by atoms with Crippen molar-refractivity contribution in [2.24, 2.45) is 0 Å². The molecule has 5 heteroatoms. The monoisotopic (exact) mass is 278 g/mol. The molecule has 0 bridgehead atoms. The maximum atomic E-state index is 12.6. The number of fused-ring (bicyclic) bond motifs is 1. The van der Waals surface area contributed by atoms with Crippen LogP contribution in [0.3, 0.4) is 0 Å². The van der Waals surface area contributed by atoms with E-state index in [2.05, 4.69) is 0 Å². The lowest BCUT2D eigenvalue weighted by Gasteiger charge is -2.43. The first-order valence-corrected chi connectivity index (χ1v) is 7.65. The Morgan fingerprint density at radius 1 is 1.37 bits per heavy atom. The lowest BCUT2D eigenvalue weighted by molar-refractivity contribution is -0.161. The third-order valence-corrected chi connectivity index (χ3v) is 5.26. The number of carbonyl (C=O) groups is 2. The predicted molar refractivity (Wildman–Crippen MR) is 73.8 cm³/mol. The Morgan fingerprint density at radius 2 is 2.16 bits per heavy atom. The van der Waals surface area contributed by atoms with Gasteiger partial charge >= 0.3 is 0 Å². The number of hydrogen-bond donors (Lipinski definition) is 0. The fourth-order valence-corrected chi connectivity index (χ4v) is 3.98. The van der Waals surface area contributed by atoms with E-state index < -0.39 is 0 Å². The molecule has 0 aromatic carbocycles. The zero-order chi connectivity index (χ0) is 13.6. The van der Waals surface area contributed by atoms with Crippen molar-refractivity contribution in [2.45, 2.75) is 44.8 Å². The maximum absolute atomic E-state index is 12.6. The van der Waals surface area contributed by atoms with Crippen molar-refractivity contribution < 1.29 is 9.59 Å². The molecular formula is C14H18N2O2S. The highest BCUT2D eigenvalue weighted by atomic mass is 32.1. The number of rotatable bonds is 2. The van der Waals surface area contributed by atoms with Gasteiger partial charge in [0.05, 0.1) is 6.04 Å². The van der Waals surface area contributed by atoms with Gasteiger partial charge in [0.15, 0.2) is 0 Å². The first-order valence-electron chi connectivity index (χ1n) is 6.77. The Hall–Kier alpha value is -1.36. The number of nitrogens with zero attached hydrogens (tertiary/aromatic N) is 2. The summed E-state index contributed by atoms with van der Waals surface area (Å²) in [7, 11) is 0. The first kappa shape index (κ1) is 12.7. The van der Waals surface area contributed by atoms with E-state index in [-0.39, 0.29) is 29.9 Å². The summed E-state index contributed by atoms with van der Waals surface area (Å²) in [5.41, 5.74) is 0. The fourth-order valence-electron chi connectivity index (χ4n) is 3.20. The summed E-state index contributed by atoms with van der Waals surface area (Å²) in [6.07, 6.45) is 1.75. The molecule has 2 aliphatic heterocycles. The summed E-state index contributed by atoms with van der Waals surface area (Å²) in [6, 6.07) is 3.43. The van der Waals surface area contributed by atoms with Crippen molar-refractivity contribution in [1.29, 1.82) is 0 Å². The van der Waals surface area contributed by atoms with Crippen molar-refractivity contribution in [3.05, 3.63) is 22.4 Å². The Balaban J connectivity index is 1.92. The van der Waals surface area contributed by atoms with Gasteiger partial charge in [0, 0.05) is 11.4 Å². The predicted octanol–water partition coefficient (Wildman–Crippen LogP) is 2.03. The van der Waals surface area contributed by atoms with E-state index in [9.17, 15) is 9.59 Å². The van der Waals surface area contributed by atoms with E-state index in [1.165, 1.54) is 0 Å². The van der Waals surface area contributed by atoms with Crippen LogP contribution in [0, 0.1) is 0 Å². The van der Waals surface area contributed by atoms with E-state index in [0.717, 1.165) is 24.3 Å². The summed E-state index contributed by atoms with van der Waals surface area (Å²) >= 11 is 1.64. The minimum absolute atomic E-state index is 0.0193. The molecule has 2 amide bonds. The van der Waals surface area contributed by atoms with Gasteiger partial charge in [-0.2, -0.15) is 0 Å². The van der Waals surface area contributed by atoms with Crippen LogP contribution < -0.4 is 0 Å². The fraction of sp³-hybridized carbons (Fsp3) is 0.571. The van der Waals surface area contributed by atoms with E-state index >= 15 is 0 Å². The van der Waals surface area contributed by atoms with Crippen molar-refractivity contribution in [2.75, 3.05) is 6.54 Å². The van der Waals surface area contributed by atoms with Gasteiger partial charge in [0.2, 0.25) is 11.8 Å². The average Bonchev–Trinajstić information content (AvgIpc) is 3.07. The number of hydrogen-bond acceptors (Lipinski definition) is 3. The van der Waals surface area contributed by atoms with Crippen LogP contribution in [0.5, 0.6) is 0 Å². The maximum Gasteiger partial charge on any atom is 0.246 e. The largest absolute Gasteiger partial charge is 0.329 e. The molecule has 3 atom stereocenters. The first-order chi connectivity index (χ1) is 9.11. The van der Waals surface area contributed by atoms with Crippen LogP contribution in [0.15, 0.2) is 17.5 Å². The lowest BCUT2D eigenvalue weighted by atomic mass is 10.0. The summed E-state index contributed by atoms with van der Waals surface area (Å²) in [5.74, 6) is 0.219. The zero-order valence-corrected chi connectivity index (χ0v) is 12.0. The van der Waals surface area contributed by atoms with E-state index in [4.69, 9.17) is 0 Å². The Kier molecular flexibility index (Phi) is 3.09. The van der Waals surface area contributed by atoms with E-state index in [1.54, 1.807) is 21.1 Å². The second kappa shape index (κ2) is 4.63. The van der Waals surface area contributed by atoms with Crippen molar-refractivity contribution in [3.63, 3.8) is 0 Å². The highest BCUT2D eigenvalue weighted by Gasteiger charge is 2.47. The van der Waals surface area contributed by atoms with Gasteiger partial charge in [-0.15, -0.1) is 11.3 Å². The molecule has 0 radical (unpaired) electrons. The molecule has 1 aromatic heterocycles. The quantitative estimate of drug-likeness (QED) is 0.830. The highest BCUT2D eigenvalue weighted by Crippen LogP contribution is 2.34. The number of carbonyl (C=O) groups excluding carboxylic acids is 2. The molecule has 0 saturated carbocycles. The molecule has 2 fully saturated rings. The van der Waals surface area contributed by atoms with Crippen molar-refractivity contribution in [3.8, 4) is 0 Å². The standard InChI is InChI=1S/C14H18N2O2S/c1-9(12-6-4-8-19-12)16-10(2)13(17)15-7-3-5-11(15)14(16)18/h4,6,8-11H,3,5,7H2,1-2H3. The Labute approximate surface area is 117 Å². The summed E-state index contributed by atoms with van der Waals surface area (Å²) in [4.78, 5) is 29.7. The van der Waals surface area contributed by atoms with Crippen LogP contribution >= 0.6 is 11.3 Å². The smallest absolute Gasteiger partial charge is 0.246 e. The third kappa shape index (κ3) is 1.87. The molecule has 1 aromatic rings. The molecule has 3 heterocycles. The van der Waals surface area contributed by atoms with Gasteiger partial charge in [0.25, 0.3) is 0 Å². The summed E-state index contributed by atoms with van der Waals surface area (Å²) < 4.78 is 0. The van der Waals surface area contributed by atoms with Crippen LogP contribution in [-0.2, 0) is 9.59 Å². The van der Waals surface area contributed by atoms with Crippen molar-refractivity contribution in [1.82, 2.24) is 9.80 Å². The molecule has 4 nitrogen and oxygen atoms in total. The van der Waals surface area contributed by atoms with Gasteiger partial charge in [-0.1, -0.05) is 6.07 Å². The summed E-state index contributed by atoms with van der Waals surface area (Å²) in [6.45, 7) is 4.60. The van der Waals surface area contributed by atoms with Gasteiger partial charge in [-0.25, -0.2) is 0 Å². The molecule has 102 valence electrons. The molecule has 0 spiro atoms. The van der Waals surface area contributed by atoms with Gasteiger partial charge in [0.1, 0.15) is 12.1 Å². The number of piperazine rings is 1. The van der Waals surface area contributed by atoms with Crippen LogP contribution in [0.1, 0.15) is 37.6 Å². The highest BCUT2D eigenvalue weighted by molar-refractivity contribution is 7.10. The van der Waals surface area contributed by atoms with Crippen molar-refractivity contribution >= 4 is 23.2 Å². The molecule has 0 aliphatic carbocycles. The molecular weight excluding hydrogens is 260 g/mol. The van der Waals surface area contributed by atoms with Gasteiger partial charge < -0.3 is 9.80 Å². The van der Waals surface area contributed by atoms with Crippen LogP contribution in [0.2, 0.25) is 0 Å². The Bertz CT molecular complexity index is 500. The Morgan fingerprint density at radius 3 is 2.84 bits per heavy atom. The normalized spacial score (nSPS) is 28.7. The van der Waals surface area contributed by atoms with E-state index in [1.807, 2.05) is 31.4 Å². The average molecular weight is 278 g/mol. The molecule has 2 saturated heterocycles. The molecule has 0 N–H and O–H groups in total. The second-order valence-electron chi connectivity index (χ2n) is 5.30.